The Hall–Kier alpha value is -2.83. The zero-order chi connectivity index (χ0) is 18.9. The lowest BCUT2D eigenvalue weighted by molar-refractivity contribution is 0.00297. The number of H-pyrrole nitrogens is 1. The third-order valence-corrected chi connectivity index (χ3v) is 5.44. The topological polar surface area (TPSA) is 78.5 Å². The SMILES string of the molecule is Cc1cc(C(=O)N2CCC3(CC2)CN(CCc2ccccc2)C(=O)O3)n[nH]1. The quantitative estimate of drug-likeness (QED) is 0.899. The maximum Gasteiger partial charge on any atom is 0.410 e. The van der Waals surface area contributed by atoms with Crippen LogP contribution in [-0.2, 0) is 11.2 Å². The highest BCUT2D eigenvalue weighted by Gasteiger charge is 2.47. The monoisotopic (exact) mass is 368 g/mol. The number of nitrogens with one attached hydrogen (secondary N) is 1. The van der Waals surface area contributed by atoms with E-state index in [9.17, 15) is 9.59 Å². The van der Waals surface area contributed by atoms with E-state index in [1.807, 2.05) is 25.1 Å². The Morgan fingerprint density at radius 2 is 2.00 bits per heavy atom. The number of aryl methyl sites for hydroxylation is 1. The Bertz CT molecular complexity index is 825. The van der Waals surface area contributed by atoms with Gasteiger partial charge in [-0.1, -0.05) is 30.3 Å². The van der Waals surface area contributed by atoms with Gasteiger partial charge in [0.1, 0.15) is 11.3 Å². The zero-order valence-electron chi connectivity index (χ0n) is 15.5. The molecular weight excluding hydrogens is 344 g/mol. The maximum absolute atomic E-state index is 12.5. The second kappa shape index (κ2) is 7.06. The number of carbonyl (C=O) groups excluding carboxylic acids is 2. The number of carbonyl (C=O) groups is 2. The number of benzene rings is 1. The predicted molar refractivity (Wildman–Crippen MR) is 99.4 cm³/mol. The Labute approximate surface area is 158 Å². The molecule has 7 heteroatoms. The molecule has 27 heavy (non-hydrogen) atoms. The minimum absolute atomic E-state index is 0.0699. The molecule has 2 saturated heterocycles. The van der Waals surface area contributed by atoms with E-state index in [1.54, 1.807) is 15.9 Å². The van der Waals surface area contributed by atoms with Crippen molar-refractivity contribution in [1.82, 2.24) is 20.0 Å². The van der Waals surface area contributed by atoms with Gasteiger partial charge in [-0.25, -0.2) is 4.79 Å². The van der Waals surface area contributed by atoms with Crippen LogP contribution in [0.5, 0.6) is 0 Å². The number of ether oxygens (including phenoxy) is 1. The molecule has 1 aromatic carbocycles. The Kier molecular flexibility index (Phi) is 4.59. The number of likely N-dealkylation sites (tertiary alicyclic amines) is 1. The Balaban J connectivity index is 1.33. The van der Waals surface area contributed by atoms with E-state index in [4.69, 9.17) is 4.74 Å². The van der Waals surface area contributed by atoms with E-state index in [-0.39, 0.29) is 12.0 Å². The number of aromatic nitrogens is 2. The minimum Gasteiger partial charge on any atom is -0.441 e. The fourth-order valence-electron chi connectivity index (χ4n) is 3.84. The lowest BCUT2D eigenvalue weighted by Crippen LogP contribution is -2.48. The van der Waals surface area contributed by atoms with Crippen LogP contribution in [-0.4, -0.2) is 63.8 Å². The van der Waals surface area contributed by atoms with E-state index in [1.165, 1.54) is 5.56 Å². The second-order valence-electron chi connectivity index (χ2n) is 7.44. The standard InChI is InChI=1S/C20H24N4O3/c1-15-13-17(22-21-15)18(25)23-11-8-20(9-12-23)14-24(19(26)27-20)10-7-16-5-3-2-4-6-16/h2-6,13H,7-12,14H2,1H3,(H,21,22). The predicted octanol–water partition coefficient (Wildman–Crippen LogP) is 2.39. The fraction of sp³-hybridized carbons (Fsp3) is 0.450. The number of amides is 2. The summed E-state index contributed by atoms with van der Waals surface area (Å²) < 4.78 is 5.76. The molecule has 7 nitrogen and oxygen atoms in total. The highest BCUT2D eigenvalue weighted by Crippen LogP contribution is 2.33. The molecule has 3 heterocycles. The molecule has 0 aliphatic carbocycles. The highest BCUT2D eigenvalue weighted by molar-refractivity contribution is 5.92. The van der Waals surface area contributed by atoms with Crippen molar-refractivity contribution < 1.29 is 14.3 Å². The molecule has 2 aliphatic heterocycles. The van der Waals surface area contributed by atoms with E-state index >= 15 is 0 Å². The molecule has 2 fully saturated rings. The summed E-state index contributed by atoms with van der Waals surface area (Å²) in [6.45, 7) is 4.27. The van der Waals surface area contributed by atoms with Gasteiger partial charge >= 0.3 is 6.09 Å². The first-order valence-corrected chi connectivity index (χ1v) is 9.38. The van der Waals surface area contributed by atoms with Gasteiger partial charge in [0.2, 0.25) is 0 Å². The summed E-state index contributed by atoms with van der Waals surface area (Å²) in [5, 5.41) is 6.85. The van der Waals surface area contributed by atoms with Crippen molar-refractivity contribution >= 4 is 12.0 Å². The summed E-state index contributed by atoms with van der Waals surface area (Å²) in [4.78, 5) is 28.4. The number of rotatable bonds is 4. The third kappa shape index (κ3) is 3.67. The summed E-state index contributed by atoms with van der Waals surface area (Å²) in [5.74, 6) is -0.0699. The number of hydrogen-bond acceptors (Lipinski definition) is 4. The van der Waals surface area contributed by atoms with Crippen molar-refractivity contribution in [3.05, 3.63) is 53.3 Å². The van der Waals surface area contributed by atoms with E-state index in [2.05, 4.69) is 22.3 Å². The van der Waals surface area contributed by atoms with Crippen molar-refractivity contribution in [2.24, 2.45) is 0 Å². The molecular formula is C20H24N4O3. The van der Waals surface area contributed by atoms with Crippen LogP contribution in [0.3, 0.4) is 0 Å². The molecule has 0 bridgehead atoms. The maximum atomic E-state index is 12.5. The lowest BCUT2D eigenvalue weighted by atomic mass is 9.91. The molecule has 0 saturated carbocycles. The van der Waals surface area contributed by atoms with Crippen molar-refractivity contribution in [3.8, 4) is 0 Å². The van der Waals surface area contributed by atoms with Crippen LogP contribution >= 0.6 is 0 Å². The molecule has 1 spiro atoms. The Morgan fingerprint density at radius 1 is 1.26 bits per heavy atom. The van der Waals surface area contributed by atoms with Crippen LogP contribution in [0.2, 0.25) is 0 Å². The van der Waals surface area contributed by atoms with Crippen molar-refractivity contribution in [2.75, 3.05) is 26.2 Å². The highest BCUT2D eigenvalue weighted by atomic mass is 16.6. The molecule has 2 aliphatic rings. The second-order valence-corrected chi connectivity index (χ2v) is 7.44. The van der Waals surface area contributed by atoms with Gasteiger partial charge in [-0.05, 0) is 25.0 Å². The van der Waals surface area contributed by atoms with Gasteiger partial charge in [-0.2, -0.15) is 5.10 Å². The van der Waals surface area contributed by atoms with Crippen LogP contribution in [0.4, 0.5) is 4.79 Å². The number of hydrogen-bond donors (Lipinski definition) is 1. The van der Waals surface area contributed by atoms with Gasteiger partial charge in [0.05, 0.1) is 6.54 Å². The Morgan fingerprint density at radius 3 is 2.67 bits per heavy atom. The molecule has 1 aromatic heterocycles. The summed E-state index contributed by atoms with van der Waals surface area (Å²) in [6, 6.07) is 11.9. The zero-order valence-corrected chi connectivity index (χ0v) is 15.5. The van der Waals surface area contributed by atoms with Crippen LogP contribution < -0.4 is 0 Å². The van der Waals surface area contributed by atoms with Gasteiger partial charge in [0.15, 0.2) is 0 Å². The summed E-state index contributed by atoms with van der Waals surface area (Å²) >= 11 is 0. The average Bonchev–Trinajstić information content (AvgIpc) is 3.24. The molecule has 0 atom stereocenters. The molecule has 142 valence electrons. The van der Waals surface area contributed by atoms with Crippen LogP contribution in [0.25, 0.3) is 0 Å². The van der Waals surface area contributed by atoms with Gasteiger partial charge in [-0.15, -0.1) is 0 Å². The smallest absolute Gasteiger partial charge is 0.410 e. The van der Waals surface area contributed by atoms with Crippen LogP contribution in [0.1, 0.15) is 34.6 Å². The van der Waals surface area contributed by atoms with Crippen LogP contribution in [0.15, 0.2) is 36.4 Å². The minimum atomic E-state index is -0.466. The van der Waals surface area contributed by atoms with Crippen LogP contribution in [0, 0.1) is 6.92 Å². The molecule has 0 unspecified atom stereocenters. The van der Waals surface area contributed by atoms with Crippen molar-refractivity contribution in [1.29, 1.82) is 0 Å². The first-order valence-electron chi connectivity index (χ1n) is 9.38. The van der Waals surface area contributed by atoms with E-state index in [0.717, 1.165) is 12.1 Å². The summed E-state index contributed by atoms with van der Waals surface area (Å²) in [6.07, 6.45) is 1.90. The number of piperidine rings is 1. The van der Waals surface area contributed by atoms with Gasteiger partial charge in [0.25, 0.3) is 5.91 Å². The lowest BCUT2D eigenvalue weighted by Gasteiger charge is -2.37. The number of aromatic amines is 1. The first-order chi connectivity index (χ1) is 13.0. The summed E-state index contributed by atoms with van der Waals surface area (Å²) in [7, 11) is 0. The van der Waals surface area contributed by atoms with Crippen molar-refractivity contribution in [2.45, 2.75) is 31.8 Å². The van der Waals surface area contributed by atoms with Gasteiger partial charge < -0.3 is 14.5 Å². The van der Waals surface area contributed by atoms with E-state index < -0.39 is 5.60 Å². The van der Waals surface area contributed by atoms with Gasteiger partial charge in [-0.3, -0.25) is 9.89 Å². The number of nitrogens with zero attached hydrogens (tertiary/aromatic N) is 3. The van der Waals surface area contributed by atoms with Crippen molar-refractivity contribution in [3.63, 3.8) is 0 Å². The molecule has 0 radical (unpaired) electrons. The largest absolute Gasteiger partial charge is 0.441 e. The third-order valence-electron chi connectivity index (χ3n) is 5.44. The average molecular weight is 368 g/mol. The first kappa shape index (κ1) is 17.6. The van der Waals surface area contributed by atoms with E-state index in [0.29, 0.717) is 44.7 Å². The normalized spacial score (nSPS) is 18.8. The molecule has 4 rings (SSSR count). The fourth-order valence-corrected chi connectivity index (χ4v) is 3.84. The molecule has 2 amide bonds. The molecule has 2 aromatic rings. The summed E-state index contributed by atoms with van der Waals surface area (Å²) in [5.41, 5.74) is 2.05. The van der Waals surface area contributed by atoms with Gasteiger partial charge in [0, 0.05) is 38.2 Å². The molecule has 1 N–H and O–H groups in total.